The molecule has 0 bridgehead atoms. The molecule has 9 nitrogen and oxygen atoms in total. The number of nitro groups is 1. The zero-order valence-electron chi connectivity index (χ0n) is 11.6. The van der Waals surface area contributed by atoms with E-state index in [9.17, 15) is 14.9 Å². The van der Waals surface area contributed by atoms with Crippen LogP contribution in [0.2, 0.25) is 10.0 Å². The zero-order valence-corrected chi connectivity index (χ0v) is 13.1. The lowest BCUT2D eigenvalue weighted by molar-refractivity contribution is -0.383. The number of nitrogens with one attached hydrogen (secondary N) is 3. The molecule has 1 aromatic carbocycles. The summed E-state index contributed by atoms with van der Waals surface area (Å²) >= 11 is 11.7. The Morgan fingerprint density at radius 2 is 1.96 bits per heavy atom. The molecule has 0 unspecified atom stereocenters. The molecule has 0 radical (unpaired) electrons. The molecule has 0 saturated heterocycles. The van der Waals surface area contributed by atoms with Gasteiger partial charge in [-0.2, -0.15) is 0 Å². The van der Waals surface area contributed by atoms with Crippen molar-refractivity contribution < 1.29 is 9.72 Å². The number of halogens is 2. The summed E-state index contributed by atoms with van der Waals surface area (Å²) in [7, 11) is 1.48. The second-order valence-corrected chi connectivity index (χ2v) is 4.97. The predicted octanol–water partition coefficient (Wildman–Crippen LogP) is 2.49. The number of hydrogen-bond donors (Lipinski definition) is 3. The van der Waals surface area contributed by atoms with Crippen molar-refractivity contribution in [2.24, 2.45) is 0 Å². The summed E-state index contributed by atoms with van der Waals surface area (Å²) in [5.74, 6) is -0.773. The van der Waals surface area contributed by atoms with Gasteiger partial charge in [-0.25, -0.2) is 9.97 Å². The van der Waals surface area contributed by atoms with E-state index in [4.69, 9.17) is 23.2 Å². The number of hydrazine groups is 1. The van der Waals surface area contributed by atoms with Crippen molar-refractivity contribution in [2.75, 3.05) is 17.8 Å². The molecule has 0 aliphatic carbocycles. The first-order valence-electron chi connectivity index (χ1n) is 6.12. The van der Waals surface area contributed by atoms with Gasteiger partial charge in [-0.05, 0) is 18.2 Å². The molecule has 2 rings (SSSR count). The van der Waals surface area contributed by atoms with Gasteiger partial charge in [-0.3, -0.25) is 25.8 Å². The van der Waals surface area contributed by atoms with Crippen LogP contribution >= 0.6 is 23.2 Å². The van der Waals surface area contributed by atoms with Crippen molar-refractivity contribution >= 4 is 46.4 Å². The smallest absolute Gasteiger partial charge is 0.354 e. The number of amides is 1. The quantitative estimate of drug-likeness (QED) is 0.555. The Morgan fingerprint density at radius 1 is 1.26 bits per heavy atom. The number of anilines is 2. The molecule has 0 aliphatic rings. The van der Waals surface area contributed by atoms with Crippen molar-refractivity contribution in [3.63, 3.8) is 0 Å². The lowest BCUT2D eigenvalue weighted by atomic mass is 10.2. The van der Waals surface area contributed by atoms with E-state index >= 15 is 0 Å². The van der Waals surface area contributed by atoms with Crippen LogP contribution in [-0.2, 0) is 0 Å². The first-order chi connectivity index (χ1) is 10.9. The Kier molecular flexibility index (Phi) is 5.14. The zero-order chi connectivity index (χ0) is 17.0. The highest BCUT2D eigenvalue weighted by atomic mass is 35.5. The number of rotatable bonds is 5. The first kappa shape index (κ1) is 16.7. The molecule has 0 saturated carbocycles. The molecule has 1 aromatic heterocycles. The van der Waals surface area contributed by atoms with Crippen LogP contribution in [0.1, 0.15) is 10.4 Å². The first-order valence-corrected chi connectivity index (χ1v) is 6.88. The number of carbonyl (C=O) groups is 1. The average molecular weight is 357 g/mol. The molecular formula is C12H10Cl2N6O3. The van der Waals surface area contributed by atoms with E-state index in [0.717, 1.165) is 6.33 Å². The number of hydrogen-bond acceptors (Lipinski definition) is 7. The van der Waals surface area contributed by atoms with E-state index in [0.29, 0.717) is 5.02 Å². The highest BCUT2D eigenvalue weighted by Crippen LogP contribution is 2.28. The number of carbonyl (C=O) groups excluding carboxylic acids is 1. The fourth-order valence-corrected chi connectivity index (χ4v) is 2.18. The highest BCUT2D eigenvalue weighted by Gasteiger charge is 2.22. The summed E-state index contributed by atoms with van der Waals surface area (Å²) < 4.78 is 0. The van der Waals surface area contributed by atoms with Crippen LogP contribution < -0.4 is 16.2 Å². The Hall–Kier alpha value is -2.65. The molecule has 120 valence electrons. The van der Waals surface area contributed by atoms with Gasteiger partial charge in [0.15, 0.2) is 0 Å². The van der Waals surface area contributed by atoms with Gasteiger partial charge in [-0.15, -0.1) is 0 Å². The Bertz CT molecular complexity index is 770. The van der Waals surface area contributed by atoms with E-state index in [1.54, 1.807) is 0 Å². The second kappa shape index (κ2) is 7.07. The van der Waals surface area contributed by atoms with Crippen LogP contribution in [0, 0.1) is 10.1 Å². The van der Waals surface area contributed by atoms with Crippen LogP contribution in [0.25, 0.3) is 0 Å². The predicted molar refractivity (Wildman–Crippen MR) is 85.8 cm³/mol. The summed E-state index contributed by atoms with van der Waals surface area (Å²) in [6.45, 7) is 0. The van der Waals surface area contributed by atoms with Crippen LogP contribution in [-0.4, -0.2) is 27.8 Å². The monoisotopic (exact) mass is 356 g/mol. The average Bonchev–Trinajstić information content (AvgIpc) is 2.51. The third-order valence-corrected chi connectivity index (χ3v) is 3.26. The molecule has 2 aromatic rings. The summed E-state index contributed by atoms with van der Waals surface area (Å²) in [6.07, 6.45) is 1.11. The molecule has 0 atom stereocenters. The minimum Gasteiger partial charge on any atom is -0.367 e. The van der Waals surface area contributed by atoms with Crippen LogP contribution in [0.3, 0.4) is 0 Å². The maximum Gasteiger partial charge on any atom is 0.354 e. The minimum absolute atomic E-state index is 0.00581. The van der Waals surface area contributed by atoms with Gasteiger partial charge in [0.25, 0.3) is 5.91 Å². The highest BCUT2D eigenvalue weighted by molar-refractivity contribution is 6.36. The van der Waals surface area contributed by atoms with Crippen molar-refractivity contribution in [3.8, 4) is 0 Å². The second-order valence-electron chi connectivity index (χ2n) is 4.13. The Labute approximate surface area is 140 Å². The fourth-order valence-electron chi connectivity index (χ4n) is 1.68. The summed E-state index contributed by atoms with van der Waals surface area (Å²) in [4.78, 5) is 30.0. The maximum absolute atomic E-state index is 12.1. The fraction of sp³-hybridized carbons (Fsp3) is 0.0833. The van der Waals surface area contributed by atoms with E-state index in [2.05, 4.69) is 26.1 Å². The summed E-state index contributed by atoms with van der Waals surface area (Å²) in [6, 6.07) is 4.33. The van der Waals surface area contributed by atoms with Crippen LogP contribution in [0.5, 0.6) is 0 Å². The number of aromatic nitrogens is 2. The third kappa shape index (κ3) is 3.76. The molecule has 0 aliphatic heterocycles. The van der Waals surface area contributed by atoms with Crippen molar-refractivity contribution in [3.05, 3.63) is 50.2 Å². The van der Waals surface area contributed by atoms with Crippen LogP contribution in [0.15, 0.2) is 24.5 Å². The van der Waals surface area contributed by atoms with Crippen molar-refractivity contribution in [1.29, 1.82) is 0 Å². The molecule has 1 amide bonds. The molecule has 1 heterocycles. The summed E-state index contributed by atoms with van der Waals surface area (Å²) in [5, 5.41) is 14.2. The number of benzene rings is 1. The molecule has 11 heteroatoms. The van der Waals surface area contributed by atoms with Crippen LogP contribution in [0.4, 0.5) is 17.3 Å². The molecule has 0 spiro atoms. The molecular weight excluding hydrogens is 347 g/mol. The van der Waals surface area contributed by atoms with Gasteiger partial charge in [0.2, 0.25) is 11.6 Å². The normalized spacial score (nSPS) is 10.0. The Morgan fingerprint density at radius 3 is 2.57 bits per heavy atom. The van der Waals surface area contributed by atoms with E-state index < -0.39 is 16.5 Å². The largest absolute Gasteiger partial charge is 0.367 e. The van der Waals surface area contributed by atoms with Gasteiger partial charge in [0, 0.05) is 12.1 Å². The van der Waals surface area contributed by atoms with Gasteiger partial charge in [0.05, 0.1) is 15.5 Å². The maximum atomic E-state index is 12.1. The van der Waals surface area contributed by atoms with Gasteiger partial charge >= 0.3 is 5.69 Å². The molecule has 0 fully saturated rings. The van der Waals surface area contributed by atoms with Gasteiger partial charge in [0.1, 0.15) is 6.33 Å². The minimum atomic E-state index is -0.671. The topological polar surface area (TPSA) is 122 Å². The SMILES string of the molecule is CNc1ncnc(NNC(=O)c2ccc(Cl)cc2Cl)c1[N+](=O)[O-]. The van der Waals surface area contributed by atoms with Gasteiger partial charge in [-0.1, -0.05) is 23.2 Å². The van der Waals surface area contributed by atoms with E-state index in [-0.39, 0.29) is 22.2 Å². The van der Waals surface area contributed by atoms with E-state index in [1.165, 1.54) is 25.2 Å². The molecule has 23 heavy (non-hydrogen) atoms. The van der Waals surface area contributed by atoms with E-state index in [1.807, 2.05) is 0 Å². The number of nitrogens with zero attached hydrogens (tertiary/aromatic N) is 3. The lowest BCUT2D eigenvalue weighted by Gasteiger charge is -2.10. The van der Waals surface area contributed by atoms with Gasteiger partial charge < -0.3 is 5.32 Å². The Balaban J connectivity index is 2.21. The van der Waals surface area contributed by atoms with Crippen molar-refractivity contribution in [1.82, 2.24) is 15.4 Å². The lowest BCUT2D eigenvalue weighted by Crippen LogP contribution is -2.30. The summed E-state index contributed by atoms with van der Waals surface area (Å²) in [5.41, 5.74) is 4.41. The third-order valence-electron chi connectivity index (χ3n) is 2.71. The van der Waals surface area contributed by atoms with Crippen molar-refractivity contribution in [2.45, 2.75) is 0 Å². The molecule has 3 N–H and O–H groups in total. The standard InChI is InChI=1S/C12H10Cl2N6O3/c1-15-10-9(20(22)23)11(17-5-16-10)18-19-12(21)7-3-2-6(13)4-8(7)14/h2-5H,1H3,(H,19,21)(H2,15,16,17,18).